The van der Waals surface area contributed by atoms with E-state index in [1.807, 2.05) is 43.3 Å². The van der Waals surface area contributed by atoms with Gasteiger partial charge < -0.3 is 26.8 Å². The summed E-state index contributed by atoms with van der Waals surface area (Å²) >= 11 is 0. The molecule has 38 heavy (non-hydrogen) atoms. The maximum Gasteiger partial charge on any atom is 0.326 e. The molecule has 2 aromatic rings. The highest BCUT2D eigenvalue weighted by Crippen LogP contribution is 2.12. The molecule has 0 saturated carbocycles. The number of nitrogens with two attached hydrogens (primary N) is 1. The van der Waals surface area contributed by atoms with Crippen molar-refractivity contribution in [2.45, 2.75) is 71.1 Å². The second-order valence-electron chi connectivity index (χ2n) is 9.99. The van der Waals surface area contributed by atoms with Gasteiger partial charge in [-0.2, -0.15) is 0 Å². The molecular formula is C29H40N4O5. The summed E-state index contributed by atoms with van der Waals surface area (Å²) in [5, 5.41) is 17.8. The fourth-order valence-electron chi connectivity index (χ4n) is 4.01. The minimum atomic E-state index is -1.17. The van der Waals surface area contributed by atoms with Gasteiger partial charge in [-0.3, -0.25) is 14.4 Å². The number of carboxylic acid groups (broad SMARTS) is 1. The number of rotatable bonds is 14. The number of carboxylic acids is 1. The molecule has 0 aromatic heterocycles. The zero-order chi connectivity index (χ0) is 28.2. The molecule has 3 amide bonds. The smallest absolute Gasteiger partial charge is 0.326 e. The van der Waals surface area contributed by atoms with Crippen molar-refractivity contribution in [3.05, 3.63) is 71.8 Å². The lowest BCUT2D eigenvalue weighted by molar-refractivity contribution is -0.142. The Kier molecular flexibility index (Phi) is 11.9. The summed E-state index contributed by atoms with van der Waals surface area (Å²) in [6.07, 6.45) is 0.984. The van der Waals surface area contributed by atoms with E-state index in [9.17, 15) is 24.3 Å². The quantitative estimate of drug-likeness (QED) is 0.255. The van der Waals surface area contributed by atoms with Crippen LogP contribution in [0.5, 0.6) is 0 Å². The molecule has 2 aromatic carbocycles. The standard InChI is InChI=1S/C29H40N4O5/c1-5-19(4)25(28(36)31-23(29(37)38)17-21-14-10-7-11-15-21)33-27(35)24(18(2)3)32-26(34)22(30)16-20-12-8-6-9-13-20/h6-15,18-19,22-25H,5,16-17,30H2,1-4H3,(H,31,36)(H,32,34)(H,33,35)(H,37,38). The zero-order valence-corrected chi connectivity index (χ0v) is 22.5. The van der Waals surface area contributed by atoms with Gasteiger partial charge in [0.15, 0.2) is 0 Å². The summed E-state index contributed by atoms with van der Waals surface area (Å²) in [5.41, 5.74) is 7.76. The summed E-state index contributed by atoms with van der Waals surface area (Å²) in [6.45, 7) is 7.24. The summed E-state index contributed by atoms with van der Waals surface area (Å²) in [7, 11) is 0. The largest absolute Gasteiger partial charge is 0.480 e. The molecule has 0 radical (unpaired) electrons. The van der Waals surface area contributed by atoms with Crippen LogP contribution in [0.3, 0.4) is 0 Å². The first-order chi connectivity index (χ1) is 18.0. The Morgan fingerprint density at radius 3 is 1.68 bits per heavy atom. The van der Waals surface area contributed by atoms with Gasteiger partial charge in [0.2, 0.25) is 17.7 Å². The Balaban J connectivity index is 2.11. The predicted octanol–water partition coefficient (Wildman–Crippen LogP) is 2.04. The van der Waals surface area contributed by atoms with E-state index in [1.54, 1.807) is 45.0 Å². The molecule has 2 rings (SSSR count). The molecular weight excluding hydrogens is 484 g/mol. The Bertz CT molecular complexity index is 1060. The molecule has 0 aliphatic carbocycles. The number of nitrogens with one attached hydrogen (secondary N) is 3. The summed E-state index contributed by atoms with van der Waals surface area (Å²) < 4.78 is 0. The van der Waals surface area contributed by atoms with Gasteiger partial charge in [0, 0.05) is 6.42 Å². The molecule has 0 spiro atoms. The predicted molar refractivity (Wildman–Crippen MR) is 146 cm³/mol. The van der Waals surface area contributed by atoms with Gasteiger partial charge in [0.05, 0.1) is 6.04 Å². The highest BCUT2D eigenvalue weighted by molar-refractivity contribution is 5.94. The lowest BCUT2D eigenvalue weighted by atomic mass is 9.95. The van der Waals surface area contributed by atoms with Crippen molar-refractivity contribution in [1.29, 1.82) is 0 Å². The van der Waals surface area contributed by atoms with E-state index in [2.05, 4.69) is 16.0 Å². The Hall–Kier alpha value is -3.72. The zero-order valence-electron chi connectivity index (χ0n) is 22.5. The van der Waals surface area contributed by atoms with E-state index in [0.717, 1.165) is 11.1 Å². The number of hydrogen-bond donors (Lipinski definition) is 5. The van der Waals surface area contributed by atoms with E-state index < -0.39 is 47.9 Å². The number of carbonyl (C=O) groups excluding carboxylic acids is 3. The van der Waals surface area contributed by atoms with Crippen LogP contribution in [0.15, 0.2) is 60.7 Å². The second kappa shape index (κ2) is 14.9. The van der Waals surface area contributed by atoms with Gasteiger partial charge in [-0.1, -0.05) is 94.8 Å². The highest BCUT2D eigenvalue weighted by atomic mass is 16.4. The second-order valence-corrected chi connectivity index (χ2v) is 9.99. The van der Waals surface area contributed by atoms with Crippen LogP contribution in [0, 0.1) is 11.8 Å². The van der Waals surface area contributed by atoms with Crippen molar-refractivity contribution >= 4 is 23.7 Å². The summed E-state index contributed by atoms with van der Waals surface area (Å²) in [5.74, 6) is -3.33. The van der Waals surface area contributed by atoms with E-state index in [1.165, 1.54) is 0 Å². The van der Waals surface area contributed by atoms with Crippen molar-refractivity contribution in [1.82, 2.24) is 16.0 Å². The minimum absolute atomic E-state index is 0.104. The number of amides is 3. The van der Waals surface area contributed by atoms with E-state index in [4.69, 9.17) is 5.73 Å². The maximum atomic E-state index is 13.3. The van der Waals surface area contributed by atoms with Crippen molar-refractivity contribution in [2.75, 3.05) is 0 Å². The van der Waals surface area contributed by atoms with Crippen molar-refractivity contribution in [3.8, 4) is 0 Å². The maximum absolute atomic E-state index is 13.3. The lowest BCUT2D eigenvalue weighted by Crippen LogP contribution is -2.60. The molecule has 0 saturated heterocycles. The highest BCUT2D eigenvalue weighted by Gasteiger charge is 2.33. The van der Waals surface area contributed by atoms with Crippen molar-refractivity contribution in [2.24, 2.45) is 17.6 Å². The average molecular weight is 525 g/mol. The molecule has 9 nitrogen and oxygen atoms in total. The molecule has 5 atom stereocenters. The molecule has 5 unspecified atom stereocenters. The van der Waals surface area contributed by atoms with Gasteiger partial charge in [0.25, 0.3) is 0 Å². The van der Waals surface area contributed by atoms with Crippen LogP contribution in [0.2, 0.25) is 0 Å². The number of aliphatic carboxylic acids is 1. The fourth-order valence-corrected chi connectivity index (χ4v) is 4.01. The number of hydrogen-bond acceptors (Lipinski definition) is 5. The van der Waals surface area contributed by atoms with E-state index >= 15 is 0 Å². The topological polar surface area (TPSA) is 151 Å². The van der Waals surface area contributed by atoms with Crippen LogP contribution in [0.1, 0.15) is 45.2 Å². The van der Waals surface area contributed by atoms with Gasteiger partial charge in [-0.15, -0.1) is 0 Å². The average Bonchev–Trinajstić information content (AvgIpc) is 2.90. The van der Waals surface area contributed by atoms with E-state index in [0.29, 0.717) is 12.8 Å². The van der Waals surface area contributed by atoms with Crippen LogP contribution >= 0.6 is 0 Å². The third-order valence-corrected chi connectivity index (χ3v) is 6.57. The van der Waals surface area contributed by atoms with Crippen LogP contribution in [-0.4, -0.2) is 53.0 Å². The first-order valence-electron chi connectivity index (χ1n) is 13.0. The first-order valence-corrected chi connectivity index (χ1v) is 13.0. The molecule has 9 heteroatoms. The van der Waals surface area contributed by atoms with Gasteiger partial charge in [-0.25, -0.2) is 4.79 Å². The fraction of sp³-hybridized carbons (Fsp3) is 0.448. The van der Waals surface area contributed by atoms with Crippen LogP contribution < -0.4 is 21.7 Å². The SMILES string of the molecule is CCC(C)C(NC(=O)C(NC(=O)C(N)Cc1ccccc1)C(C)C)C(=O)NC(Cc1ccccc1)C(=O)O. The molecule has 0 aliphatic heterocycles. The normalized spacial score (nSPS) is 15.0. The first kappa shape index (κ1) is 30.5. The van der Waals surface area contributed by atoms with Crippen LogP contribution in [0.25, 0.3) is 0 Å². The van der Waals surface area contributed by atoms with Crippen LogP contribution in [0.4, 0.5) is 0 Å². The Morgan fingerprint density at radius 2 is 1.21 bits per heavy atom. The minimum Gasteiger partial charge on any atom is -0.480 e. The third-order valence-electron chi connectivity index (χ3n) is 6.57. The van der Waals surface area contributed by atoms with E-state index in [-0.39, 0.29) is 18.3 Å². The van der Waals surface area contributed by atoms with Gasteiger partial charge >= 0.3 is 5.97 Å². The lowest BCUT2D eigenvalue weighted by Gasteiger charge is -2.29. The molecule has 0 aliphatic rings. The van der Waals surface area contributed by atoms with Gasteiger partial charge in [0.1, 0.15) is 18.1 Å². The molecule has 6 N–H and O–H groups in total. The van der Waals surface area contributed by atoms with Crippen LogP contribution in [-0.2, 0) is 32.0 Å². The van der Waals surface area contributed by atoms with Crippen molar-refractivity contribution in [3.63, 3.8) is 0 Å². The molecule has 206 valence electrons. The summed E-state index contributed by atoms with van der Waals surface area (Å²) in [4.78, 5) is 51.2. The number of benzene rings is 2. The monoisotopic (exact) mass is 524 g/mol. The Labute approximate surface area is 224 Å². The molecule has 0 heterocycles. The number of carbonyl (C=O) groups is 4. The molecule has 0 fully saturated rings. The third kappa shape index (κ3) is 9.30. The summed E-state index contributed by atoms with van der Waals surface area (Å²) in [6, 6.07) is 14.4. The Morgan fingerprint density at radius 1 is 0.737 bits per heavy atom. The van der Waals surface area contributed by atoms with Crippen molar-refractivity contribution < 1.29 is 24.3 Å². The molecule has 0 bridgehead atoms. The van der Waals surface area contributed by atoms with Gasteiger partial charge in [-0.05, 0) is 29.4 Å².